The molecule has 35 heavy (non-hydrogen) atoms. The summed E-state index contributed by atoms with van der Waals surface area (Å²) in [5.41, 5.74) is 4.59. The predicted molar refractivity (Wildman–Crippen MR) is 151 cm³/mol. The quantitative estimate of drug-likeness (QED) is 0.331. The van der Waals surface area contributed by atoms with Gasteiger partial charge in [-0.3, -0.25) is 0 Å². The predicted octanol–water partition coefficient (Wildman–Crippen LogP) is 8.75. The molecule has 3 aliphatic carbocycles. The summed E-state index contributed by atoms with van der Waals surface area (Å²) in [4.78, 5) is 1.33. The van der Waals surface area contributed by atoms with E-state index in [0.717, 1.165) is 6.42 Å². The van der Waals surface area contributed by atoms with Crippen LogP contribution in [0.5, 0.6) is 5.75 Å². The smallest absolute Gasteiger partial charge is 0.192 e. The van der Waals surface area contributed by atoms with Crippen molar-refractivity contribution in [1.29, 1.82) is 0 Å². The van der Waals surface area contributed by atoms with Gasteiger partial charge in [0.25, 0.3) is 0 Å². The van der Waals surface area contributed by atoms with Crippen molar-refractivity contribution in [2.45, 2.75) is 101 Å². The van der Waals surface area contributed by atoms with Crippen molar-refractivity contribution in [3.63, 3.8) is 0 Å². The van der Waals surface area contributed by atoms with E-state index in [1.165, 1.54) is 47.3 Å². The van der Waals surface area contributed by atoms with E-state index in [4.69, 9.17) is 4.43 Å². The lowest BCUT2D eigenvalue weighted by Crippen LogP contribution is -2.51. The molecule has 0 radical (unpaired) electrons. The summed E-state index contributed by atoms with van der Waals surface area (Å²) in [6.07, 6.45) is 8.53. The molecule has 0 heterocycles. The minimum absolute atomic E-state index is 0.242. The molecule has 4 heteroatoms. The number of aromatic hydroxyl groups is 1. The summed E-state index contributed by atoms with van der Waals surface area (Å²) in [5, 5.41) is 10.5. The molecule has 0 unspecified atom stereocenters. The number of hydrogen-bond acceptors (Lipinski definition) is 3. The molecule has 0 amide bonds. The molecule has 0 bridgehead atoms. The Morgan fingerprint density at radius 1 is 1.00 bits per heavy atom. The molecule has 3 aliphatic rings. The summed E-state index contributed by atoms with van der Waals surface area (Å²) < 4.78 is 7.17. The number of hydrogen-bond donors (Lipinski definition) is 1. The van der Waals surface area contributed by atoms with Crippen molar-refractivity contribution in [2.75, 3.05) is 6.26 Å². The number of fused-ring (bicyclic) bond motifs is 5. The maximum atomic E-state index is 10.3. The molecular weight excluding hydrogens is 464 g/mol. The summed E-state index contributed by atoms with van der Waals surface area (Å²) in [6, 6.07) is 15.5. The van der Waals surface area contributed by atoms with Gasteiger partial charge < -0.3 is 9.53 Å². The topological polar surface area (TPSA) is 29.5 Å². The Morgan fingerprint density at radius 2 is 1.71 bits per heavy atom. The molecule has 0 saturated heterocycles. The van der Waals surface area contributed by atoms with Gasteiger partial charge in [0.2, 0.25) is 0 Å². The molecule has 2 nitrogen and oxygen atoms in total. The second-order valence-corrected chi connectivity index (χ2v) is 18.9. The highest BCUT2D eigenvalue weighted by molar-refractivity contribution is 7.98. The van der Waals surface area contributed by atoms with Crippen LogP contribution in [-0.4, -0.2) is 25.8 Å². The molecule has 0 spiro atoms. The van der Waals surface area contributed by atoms with Gasteiger partial charge in [-0.1, -0.05) is 45.9 Å². The molecule has 2 aromatic rings. The first-order valence-corrected chi connectivity index (χ1v) is 17.7. The molecule has 2 saturated carbocycles. The van der Waals surface area contributed by atoms with Crippen molar-refractivity contribution >= 4 is 20.1 Å². The van der Waals surface area contributed by atoms with Gasteiger partial charge in [-0.15, -0.1) is 11.8 Å². The number of phenolic OH excluding ortho intramolecular Hbond substituents is 1. The molecule has 2 aromatic carbocycles. The molecule has 190 valence electrons. The van der Waals surface area contributed by atoms with Crippen LogP contribution in [0.4, 0.5) is 0 Å². The van der Waals surface area contributed by atoms with Gasteiger partial charge in [0.15, 0.2) is 8.32 Å². The van der Waals surface area contributed by atoms with Crippen LogP contribution < -0.4 is 0 Å². The zero-order chi connectivity index (χ0) is 25.2. The maximum absolute atomic E-state index is 10.3. The summed E-state index contributed by atoms with van der Waals surface area (Å²) >= 11 is 1.81. The third-order valence-electron chi connectivity index (χ3n) is 10.5. The average molecular weight is 509 g/mol. The fraction of sp³-hybridized carbons (Fsp3) is 0.613. The highest BCUT2D eigenvalue weighted by Crippen LogP contribution is 2.65. The van der Waals surface area contributed by atoms with Crippen molar-refractivity contribution in [2.24, 2.45) is 17.3 Å². The second kappa shape index (κ2) is 8.95. The Morgan fingerprint density at radius 3 is 2.37 bits per heavy atom. The van der Waals surface area contributed by atoms with Gasteiger partial charge >= 0.3 is 0 Å². The lowest BCUT2D eigenvalue weighted by Gasteiger charge is -2.54. The molecule has 5 rings (SSSR count). The fourth-order valence-electron chi connectivity index (χ4n) is 7.49. The van der Waals surface area contributed by atoms with E-state index in [1.54, 1.807) is 0 Å². The molecule has 6 atom stereocenters. The van der Waals surface area contributed by atoms with Crippen LogP contribution in [0.2, 0.25) is 18.1 Å². The summed E-state index contributed by atoms with van der Waals surface area (Å²) in [6.45, 7) is 14.5. The van der Waals surface area contributed by atoms with E-state index < -0.39 is 8.32 Å². The highest BCUT2D eigenvalue weighted by Gasteiger charge is 2.58. The maximum Gasteiger partial charge on any atom is 0.192 e. The lowest BCUT2D eigenvalue weighted by atomic mass is 9.51. The average Bonchev–Trinajstić information content (AvgIpc) is 3.13. The van der Waals surface area contributed by atoms with Crippen molar-refractivity contribution in [1.82, 2.24) is 0 Å². The Bertz CT molecular complexity index is 1070. The van der Waals surface area contributed by atoms with Crippen LogP contribution >= 0.6 is 11.8 Å². The summed E-state index contributed by atoms with van der Waals surface area (Å²) in [7, 11) is -1.82. The Balaban J connectivity index is 1.53. The van der Waals surface area contributed by atoms with Crippen LogP contribution in [0.25, 0.3) is 0 Å². The molecule has 0 aliphatic heterocycles. The van der Waals surface area contributed by atoms with Gasteiger partial charge in [0, 0.05) is 4.90 Å². The minimum Gasteiger partial charge on any atom is -0.508 e. The van der Waals surface area contributed by atoms with Crippen molar-refractivity contribution in [3.05, 3.63) is 59.2 Å². The molecule has 1 N–H and O–H groups in total. The largest absolute Gasteiger partial charge is 0.508 e. The first-order valence-electron chi connectivity index (χ1n) is 13.6. The van der Waals surface area contributed by atoms with Crippen molar-refractivity contribution < 1.29 is 9.53 Å². The standard InChI is InChI=1S/C31H44O2SSi/c1-30(2,3)35(6,7)33-28-15-14-27-29-25(16-17-31(27,28)4)24-13-10-22(32)18-21(24)19-26(29)20-8-11-23(34-5)12-9-20/h8-13,18,25-29,32H,14-17,19H2,1-7H3/t25-,26+,27+,28+,29+,31+/m1/s1. The SMILES string of the molecule is CSc1ccc([C@@H]2Cc3cc(O)ccc3[C@H]3CC[C@]4(C)[C@@H](O[Si](C)(C)C(C)(C)C)CC[C@H]4[C@@H]32)cc1. The van der Waals surface area contributed by atoms with E-state index >= 15 is 0 Å². The van der Waals surface area contributed by atoms with Gasteiger partial charge in [-0.25, -0.2) is 0 Å². The Hall–Kier alpha value is -1.23. The van der Waals surface area contributed by atoms with E-state index in [-0.39, 0.29) is 10.5 Å². The van der Waals surface area contributed by atoms with E-state index in [1.807, 2.05) is 23.9 Å². The number of benzene rings is 2. The zero-order valence-electron chi connectivity index (χ0n) is 22.7. The Kier molecular flexibility index (Phi) is 6.50. The van der Waals surface area contributed by atoms with Crippen molar-refractivity contribution in [3.8, 4) is 5.75 Å². The highest BCUT2D eigenvalue weighted by atomic mass is 32.2. The Labute approximate surface area is 218 Å². The summed E-state index contributed by atoms with van der Waals surface area (Å²) in [5.74, 6) is 2.81. The monoisotopic (exact) mass is 508 g/mol. The van der Waals surface area contributed by atoms with Crippen LogP contribution in [-0.2, 0) is 10.8 Å². The first-order chi connectivity index (χ1) is 16.4. The lowest BCUT2D eigenvalue weighted by molar-refractivity contribution is -0.0224. The zero-order valence-corrected chi connectivity index (χ0v) is 24.5. The van der Waals surface area contributed by atoms with Crippen LogP contribution in [0.3, 0.4) is 0 Å². The third-order valence-corrected chi connectivity index (χ3v) is 15.7. The molecule has 0 aromatic heterocycles. The number of rotatable bonds is 4. The van der Waals surface area contributed by atoms with Crippen LogP contribution in [0.1, 0.15) is 81.9 Å². The molecular formula is C31H44O2SSi. The normalized spacial score (nSPS) is 32.6. The number of phenols is 1. The third kappa shape index (κ3) is 4.32. The van der Waals surface area contributed by atoms with Gasteiger partial charge in [0.05, 0.1) is 6.10 Å². The van der Waals surface area contributed by atoms with E-state index in [0.29, 0.717) is 35.5 Å². The van der Waals surface area contributed by atoms with E-state index in [2.05, 4.69) is 77.4 Å². The van der Waals surface area contributed by atoms with Crippen LogP contribution in [0, 0.1) is 17.3 Å². The number of thioether (sulfide) groups is 1. The first kappa shape index (κ1) is 25.4. The second-order valence-electron chi connectivity index (χ2n) is 13.2. The van der Waals surface area contributed by atoms with Gasteiger partial charge in [-0.2, -0.15) is 0 Å². The molecule has 2 fully saturated rings. The van der Waals surface area contributed by atoms with Gasteiger partial charge in [-0.05, 0) is 127 Å². The van der Waals surface area contributed by atoms with E-state index in [9.17, 15) is 5.11 Å². The van der Waals surface area contributed by atoms with Gasteiger partial charge in [0.1, 0.15) is 5.75 Å². The van der Waals surface area contributed by atoms with Crippen LogP contribution in [0.15, 0.2) is 47.4 Å². The minimum atomic E-state index is -1.82. The fourth-order valence-corrected chi connectivity index (χ4v) is 9.35.